The van der Waals surface area contributed by atoms with Gasteiger partial charge in [0.15, 0.2) is 0 Å². The standard InChI is InChI=1S/C12H15NO3S3/c1-8-3-4-17-11(8)6-13-19(15,16)12-5-10(7-14)18-9(12)2/h3-5,13-14H,6-7H2,1-2H3. The molecule has 0 fully saturated rings. The Bertz CT molecular complexity index is 670. The second-order valence-electron chi connectivity index (χ2n) is 4.14. The fraction of sp³-hybridized carbons (Fsp3) is 0.333. The zero-order chi connectivity index (χ0) is 14.0. The van der Waals surface area contributed by atoms with E-state index in [4.69, 9.17) is 5.11 Å². The number of aliphatic hydroxyl groups excluding tert-OH is 1. The average Bonchev–Trinajstić information content (AvgIpc) is 2.93. The van der Waals surface area contributed by atoms with E-state index in [2.05, 4.69) is 4.72 Å². The van der Waals surface area contributed by atoms with Crippen molar-refractivity contribution in [1.29, 1.82) is 0 Å². The third kappa shape index (κ3) is 3.24. The maximum Gasteiger partial charge on any atom is 0.242 e. The summed E-state index contributed by atoms with van der Waals surface area (Å²) in [5.41, 5.74) is 1.09. The number of thiophene rings is 2. The van der Waals surface area contributed by atoms with Crippen molar-refractivity contribution in [2.24, 2.45) is 0 Å². The lowest BCUT2D eigenvalue weighted by molar-refractivity contribution is 0.285. The summed E-state index contributed by atoms with van der Waals surface area (Å²) in [7, 11) is -3.52. The lowest BCUT2D eigenvalue weighted by Gasteiger charge is -2.05. The van der Waals surface area contributed by atoms with Crippen molar-refractivity contribution in [3.05, 3.63) is 37.7 Å². The molecule has 104 valence electrons. The van der Waals surface area contributed by atoms with Crippen molar-refractivity contribution >= 4 is 32.7 Å². The van der Waals surface area contributed by atoms with Crippen LogP contribution in [0.25, 0.3) is 0 Å². The molecule has 7 heteroatoms. The van der Waals surface area contributed by atoms with Gasteiger partial charge in [-0.15, -0.1) is 22.7 Å². The van der Waals surface area contributed by atoms with Gasteiger partial charge in [0.05, 0.1) is 11.5 Å². The molecular weight excluding hydrogens is 302 g/mol. The summed E-state index contributed by atoms with van der Waals surface area (Å²) in [5.74, 6) is 0. The minimum Gasteiger partial charge on any atom is -0.391 e. The van der Waals surface area contributed by atoms with Gasteiger partial charge in [0, 0.05) is 21.2 Å². The summed E-state index contributed by atoms with van der Waals surface area (Å²) in [4.78, 5) is 2.62. The third-order valence-electron chi connectivity index (χ3n) is 2.76. The number of aryl methyl sites for hydroxylation is 2. The van der Waals surface area contributed by atoms with Crippen molar-refractivity contribution in [3.8, 4) is 0 Å². The van der Waals surface area contributed by atoms with Gasteiger partial charge in [-0.3, -0.25) is 0 Å². The van der Waals surface area contributed by atoms with Gasteiger partial charge in [0.1, 0.15) is 0 Å². The van der Waals surface area contributed by atoms with Crippen LogP contribution in [-0.4, -0.2) is 13.5 Å². The Kier molecular flexibility index (Phi) is 4.42. The van der Waals surface area contributed by atoms with Gasteiger partial charge in [-0.25, -0.2) is 13.1 Å². The van der Waals surface area contributed by atoms with Crippen LogP contribution in [0.2, 0.25) is 0 Å². The fourth-order valence-electron chi connectivity index (χ4n) is 1.69. The summed E-state index contributed by atoms with van der Waals surface area (Å²) < 4.78 is 27.0. The van der Waals surface area contributed by atoms with E-state index < -0.39 is 10.0 Å². The maximum atomic E-state index is 12.2. The molecule has 0 atom stereocenters. The Hall–Kier alpha value is -0.730. The predicted octanol–water partition coefficient (Wildman–Crippen LogP) is 2.40. The Balaban J connectivity index is 2.18. The molecule has 0 bridgehead atoms. The van der Waals surface area contributed by atoms with Crippen LogP contribution in [-0.2, 0) is 23.2 Å². The Morgan fingerprint density at radius 3 is 2.63 bits per heavy atom. The van der Waals surface area contributed by atoms with Crippen molar-refractivity contribution in [3.63, 3.8) is 0 Å². The van der Waals surface area contributed by atoms with Gasteiger partial charge in [-0.05, 0) is 36.9 Å². The zero-order valence-electron chi connectivity index (χ0n) is 10.6. The predicted molar refractivity (Wildman–Crippen MR) is 78.1 cm³/mol. The molecule has 0 aliphatic heterocycles. The van der Waals surface area contributed by atoms with E-state index in [1.807, 2.05) is 18.4 Å². The van der Waals surface area contributed by atoms with Crippen LogP contribution in [0.4, 0.5) is 0 Å². The highest BCUT2D eigenvalue weighted by atomic mass is 32.2. The Morgan fingerprint density at radius 2 is 2.11 bits per heavy atom. The number of sulfonamides is 1. The molecule has 0 saturated heterocycles. The van der Waals surface area contributed by atoms with Crippen LogP contribution in [0.15, 0.2) is 22.4 Å². The molecule has 0 aliphatic rings. The van der Waals surface area contributed by atoms with E-state index >= 15 is 0 Å². The molecule has 0 aromatic carbocycles. The number of hydrogen-bond acceptors (Lipinski definition) is 5. The third-order valence-corrected chi connectivity index (χ3v) is 6.47. The maximum absolute atomic E-state index is 12.2. The molecule has 2 aromatic rings. The van der Waals surface area contributed by atoms with Gasteiger partial charge >= 0.3 is 0 Å². The fourth-order valence-corrected chi connectivity index (χ4v) is 5.12. The zero-order valence-corrected chi connectivity index (χ0v) is 13.1. The Labute approximate surface area is 120 Å². The molecule has 2 N–H and O–H groups in total. The molecule has 4 nitrogen and oxygen atoms in total. The molecule has 0 saturated carbocycles. The van der Waals surface area contributed by atoms with Gasteiger partial charge in [-0.2, -0.15) is 0 Å². The van der Waals surface area contributed by atoms with E-state index in [1.165, 1.54) is 28.7 Å². The van der Waals surface area contributed by atoms with Gasteiger partial charge in [-0.1, -0.05) is 0 Å². The molecule has 2 rings (SSSR count). The monoisotopic (exact) mass is 317 g/mol. The summed E-state index contributed by atoms with van der Waals surface area (Å²) in [5, 5.41) is 11.0. The second-order valence-corrected chi connectivity index (χ2v) is 8.22. The SMILES string of the molecule is Cc1ccsc1CNS(=O)(=O)c1cc(CO)sc1C. The smallest absolute Gasteiger partial charge is 0.242 e. The quantitative estimate of drug-likeness (QED) is 0.890. The second kappa shape index (κ2) is 5.72. The molecule has 19 heavy (non-hydrogen) atoms. The summed E-state index contributed by atoms with van der Waals surface area (Å²) in [6.07, 6.45) is 0. The van der Waals surface area contributed by atoms with Crippen LogP contribution in [0, 0.1) is 13.8 Å². The highest BCUT2D eigenvalue weighted by Gasteiger charge is 2.19. The normalized spacial score (nSPS) is 11.9. The highest BCUT2D eigenvalue weighted by Crippen LogP contribution is 2.26. The first-order chi connectivity index (χ1) is 8.94. The molecule has 0 aliphatic carbocycles. The molecular formula is C12H15NO3S3. The van der Waals surface area contributed by atoms with Crippen LogP contribution in [0.1, 0.15) is 20.2 Å². The number of hydrogen-bond donors (Lipinski definition) is 2. The summed E-state index contributed by atoms with van der Waals surface area (Å²) >= 11 is 2.84. The lowest BCUT2D eigenvalue weighted by atomic mass is 10.3. The summed E-state index contributed by atoms with van der Waals surface area (Å²) in [6, 6.07) is 3.50. The first-order valence-electron chi connectivity index (χ1n) is 5.67. The molecule has 0 amide bonds. The first-order valence-corrected chi connectivity index (χ1v) is 8.85. The van der Waals surface area contributed by atoms with E-state index in [-0.39, 0.29) is 11.5 Å². The summed E-state index contributed by atoms with van der Waals surface area (Å²) in [6.45, 7) is 3.87. The number of aliphatic hydroxyl groups is 1. The highest BCUT2D eigenvalue weighted by molar-refractivity contribution is 7.89. The minimum atomic E-state index is -3.52. The van der Waals surface area contributed by atoms with Crippen molar-refractivity contribution < 1.29 is 13.5 Å². The molecule has 0 radical (unpaired) electrons. The van der Waals surface area contributed by atoms with E-state index in [0.717, 1.165) is 10.4 Å². The van der Waals surface area contributed by atoms with Gasteiger partial charge in [0.2, 0.25) is 10.0 Å². The van der Waals surface area contributed by atoms with E-state index in [9.17, 15) is 8.42 Å². The van der Waals surface area contributed by atoms with Crippen LogP contribution in [0.3, 0.4) is 0 Å². The van der Waals surface area contributed by atoms with Crippen LogP contribution in [0.5, 0.6) is 0 Å². The van der Waals surface area contributed by atoms with Crippen molar-refractivity contribution in [2.75, 3.05) is 0 Å². The molecule has 2 heterocycles. The number of nitrogens with one attached hydrogen (secondary N) is 1. The minimum absolute atomic E-state index is 0.134. The largest absolute Gasteiger partial charge is 0.391 e. The van der Waals surface area contributed by atoms with Crippen molar-refractivity contribution in [1.82, 2.24) is 4.72 Å². The van der Waals surface area contributed by atoms with Crippen molar-refractivity contribution in [2.45, 2.75) is 31.9 Å². The van der Waals surface area contributed by atoms with Gasteiger partial charge in [0.25, 0.3) is 0 Å². The van der Waals surface area contributed by atoms with Gasteiger partial charge < -0.3 is 5.11 Å². The molecule has 0 spiro atoms. The lowest BCUT2D eigenvalue weighted by Crippen LogP contribution is -2.23. The van der Waals surface area contributed by atoms with E-state index in [0.29, 0.717) is 16.3 Å². The molecule has 0 unspecified atom stereocenters. The average molecular weight is 317 g/mol. The Morgan fingerprint density at radius 1 is 1.37 bits per heavy atom. The van der Waals surface area contributed by atoms with Crippen LogP contribution < -0.4 is 4.72 Å². The topological polar surface area (TPSA) is 66.4 Å². The molecule has 2 aromatic heterocycles. The first kappa shape index (κ1) is 14.7. The van der Waals surface area contributed by atoms with Crippen LogP contribution >= 0.6 is 22.7 Å². The van der Waals surface area contributed by atoms with E-state index in [1.54, 1.807) is 6.92 Å². The number of rotatable bonds is 5.